The molecule has 2 aliphatic rings. The average Bonchev–Trinajstić information content (AvgIpc) is 3.52. The maximum Gasteiger partial charge on any atom is 0.242 e. The van der Waals surface area contributed by atoms with E-state index in [0.29, 0.717) is 37.7 Å². The number of benzene rings is 3. The molecule has 0 bridgehead atoms. The number of carbonyl (C=O) groups excluding carboxylic acids is 2. The molecule has 7 nitrogen and oxygen atoms in total. The molecule has 1 N–H and O–H groups in total. The van der Waals surface area contributed by atoms with Crippen LogP contribution in [0.15, 0.2) is 82.3 Å². The Morgan fingerprint density at radius 3 is 2.44 bits per heavy atom. The Bertz CT molecular complexity index is 1690. The first-order chi connectivity index (χ1) is 20.6. The summed E-state index contributed by atoms with van der Waals surface area (Å²) >= 11 is 11.3. The van der Waals surface area contributed by atoms with Gasteiger partial charge >= 0.3 is 0 Å². The number of H-pyrrole nitrogens is 1. The van der Waals surface area contributed by atoms with E-state index in [1.807, 2.05) is 94.0 Å². The lowest BCUT2D eigenvalue weighted by molar-refractivity contribution is -0.136. The van der Waals surface area contributed by atoms with Gasteiger partial charge in [-0.2, -0.15) is 0 Å². The van der Waals surface area contributed by atoms with Crippen molar-refractivity contribution in [2.24, 2.45) is 0 Å². The van der Waals surface area contributed by atoms with Crippen molar-refractivity contribution in [1.82, 2.24) is 19.1 Å². The predicted octanol–water partition coefficient (Wildman–Crippen LogP) is 6.33. The monoisotopic (exact) mass is 698 g/mol. The van der Waals surface area contributed by atoms with Crippen molar-refractivity contribution < 1.29 is 13.8 Å². The van der Waals surface area contributed by atoms with Gasteiger partial charge in [-0.1, -0.05) is 63.4 Å². The van der Waals surface area contributed by atoms with Crippen LogP contribution in [-0.4, -0.2) is 72.3 Å². The molecule has 3 atom stereocenters. The van der Waals surface area contributed by atoms with Crippen molar-refractivity contribution in [3.05, 3.63) is 99.1 Å². The predicted molar refractivity (Wildman–Crippen MR) is 177 cm³/mol. The van der Waals surface area contributed by atoms with E-state index in [1.165, 1.54) is 11.8 Å². The smallest absolute Gasteiger partial charge is 0.242 e. The molecule has 1 aromatic heterocycles. The summed E-state index contributed by atoms with van der Waals surface area (Å²) in [5, 5.41) is 1.54. The molecule has 43 heavy (non-hydrogen) atoms. The molecule has 2 aliphatic heterocycles. The number of hydrogen-bond donors (Lipinski definition) is 1. The highest BCUT2D eigenvalue weighted by Gasteiger charge is 2.59. The first-order valence-electron chi connectivity index (χ1n) is 14.1. The number of likely N-dealkylation sites (tertiary alicyclic amines) is 1. The van der Waals surface area contributed by atoms with Crippen molar-refractivity contribution >= 4 is 73.0 Å². The zero-order chi connectivity index (χ0) is 30.3. The van der Waals surface area contributed by atoms with Crippen molar-refractivity contribution in [1.29, 1.82) is 0 Å². The highest BCUT2D eigenvalue weighted by Crippen LogP contribution is 2.55. The number of fused-ring (bicyclic) bond motifs is 1. The number of hydrogen-bond acceptors (Lipinski definition) is 4. The Morgan fingerprint density at radius 1 is 1.07 bits per heavy atom. The van der Waals surface area contributed by atoms with E-state index < -0.39 is 21.8 Å². The van der Waals surface area contributed by atoms with Crippen molar-refractivity contribution in [2.45, 2.75) is 35.6 Å². The van der Waals surface area contributed by atoms with Gasteiger partial charge in [0, 0.05) is 76.0 Å². The fourth-order valence-corrected chi connectivity index (χ4v) is 8.70. The molecule has 2 fully saturated rings. The normalized spacial score (nSPS) is 22.0. The van der Waals surface area contributed by atoms with Gasteiger partial charge in [-0.25, -0.2) is 8.51 Å². The summed E-state index contributed by atoms with van der Waals surface area (Å²) < 4.78 is 13.9. The number of carbonyl (C=O) groups is 2. The molecule has 4 aromatic rings. The molecule has 0 aliphatic carbocycles. The lowest BCUT2D eigenvalue weighted by atomic mass is 9.90. The quantitative estimate of drug-likeness (QED) is 0.245. The van der Waals surface area contributed by atoms with E-state index in [4.69, 9.17) is 11.6 Å². The van der Waals surface area contributed by atoms with E-state index in [1.54, 1.807) is 6.26 Å². The SMILES string of the molecule is Cc1ccc(SC2(C(=O)N3CCN(S(C)=O)CC3)CC(=O)N(Cc3ccc(Br)cc3)[C@H]2c2c[nH]c3cc(Cl)ccc23)cc1. The lowest BCUT2D eigenvalue weighted by Crippen LogP contribution is -2.56. The van der Waals surface area contributed by atoms with Crippen LogP contribution >= 0.6 is 39.3 Å². The van der Waals surface area contributed by atoms with Crippen LogP contribution in [0.2, 0.25) is 5.02 Å². The maximum absolute atomic E-state index is 14.9. The van der Waals surface area contributed by atoms with Gasteiger partial charge in [-0.3, -0.25) is 9.59 Å². The number of thioether (sulfide) groups is 1. The van der Waals surface area contributed by atoms with E-state index in [2.05, 4.69) is 20.9 Å². The molecule has 3 heterocycles. The van der Waals surface area contributed by atoms with Crippen LogP contribution in [0.1, 0.15) is 29.2 Å². The number of aromatic nitrogens is 1. The number of aromatic amines is 1. The van der Waals surface area contributed by atoms with E-state index in [9.17, 15) is 13.8 Å². The third-order valence-corrected chi connectivity index (χ3v) is 11.6. The first kappa shape index (κ1) is 30.4. The maximum atomic E-state index is 14.9. The second-order valence-corrected chi connectivity index (χ2v) is 15.2. The number of halogens is 2. The highest BCUT2D eigenvalue weighted by atomic mass is 79.9. The van der Waals surface area contributed by atoms with Gasteiger partial charge in [-0.05, 0) is 48.9 Å². The fraction of sp³-hybridized carbons (Fsp3) is 0.312. The van der Waals surface area contributed by atoms with Crippen LogP contribution in [-0.2, 0) is 27.1 Å². The zero-order valence-electron chi connectivity index (χ0n) is 23.9. The van der Waals surface area contributed by atoms with Gasteiger partial charge in [0.05, 0.1) is 23.4 Å². The molecule has 6 rings (SSSR count). The van der Waals surface area contributed by atoms with Crippen LogP contribution in [0.4, 0.5) is 0 Å². The first-order valence-corrected chi connectivity index (χ1v) is 17.6. The molecule has 2 saturated heterocycles. The van der Waals surface area contributed by atoms with E-state index in [-0.39, 0.29) is 18.2 Å². The van der Waals surface area contributed by atoms with Crippen LogP contribution < -0.4 is 0 Å². The second kappa shape index (κ2) is 12.4. The van der Waals surface area contributed by atoms with Gasteiger partial charge in [0.15, 0.2) is 0 Å². The molecule has 0 saturated carbocycles. The minimum Gasteiger partial charge on any atom is -0.361 e. The van der Waals surface area contributed by atoms with Gasteiger partial charge in [0.2, 0.25) is 11.8 Å². The van der Waals surface area contributed by atoms with Crippen LogP contribution in [0.25, 0.3) is 10.9 Å². The molecule has 2 amide bonds. The van der Waals surface area contributed by atoms with Crippen LogP contribution in [0.3, 0.4) is 0 Å². The summed E-state index contributed by atoms with van der Waals surface area (Å²) in [7, 11) is -1.10. The summed E-state index contributed by atoms with van der Waals surface area (Å²) in [6.07, 6.45) is 3.65. The Kier molecular flexibility index (Phi) is 8.77. The van der Waals surface area contributed by atoms with E-state index in [0.717, 1.165) is 37.0 Å². The number of nitrogens with zero attached hydrogens (tertiary/aromatic N) is 3. The molecular weight excluding hydrogens is 668 g/mol. The standard InChI is InChI=1S/C32H32BrClN4O3S2/c1-21-3-10-25(11-4-21)42-32(31(40)36-13-15-37(16-14-36)43(2)41)18-29(39)38(20-22-5-7-23(33)8-6-22)30(32)27-19-35-28-17-24(34)9-12-26(27)28/h3-12,17,19,30,35H,13-16,18,20H2,1-2H3/t30-,32?,43?/m0/s1. The van der Waals surface area contributed by atoms with Crippen molar-refractivity contribution in [2.75, 3.05) is 32.4 Å². The van der Waals surface area contributed by atoms with E-state index >= 15 is 0 Å². The molecule has 0 spiro atoms. The third kappa shape index (κ3) is 6.04. The lowest BCUT2D eigenvalue weighted by Gasteiger charge is -2.42. The van der Waals surface area contributed by atoms with Crippen molar-refractivity contribution in [3.8, 4) is 0 Å². The number of piperazine rings is 1. The number of aryl methyl sites for hydroxylation is 1. The number of amides is 2. The summed E-state index contributed by atoms with van der Waals surface area (Å²) in [6.45, 7) is 4.34. The Balaban J connectivity index is 1.50. The number of rotatable bonds is 7. The summed E-state index contributed by atoms with van der Waals surface area (Å²) in [4.78, 5) is 37.1. The van der Waals surface area contributed by atoms with Crippen molar-refractivity contribution in [3.63, 3.8) is 0 Å². The minimum atomic E-state index is -1.13. The molecule has 11 heteroatoms. The topological polar surface area (TPSA) is 76.7 Å². The molecular formula is C32H32BrClN4O3S2. The van der Waals surface area contributed by atoms with Gasteiger partial charge < -0.3 is 14.8 Å². The summed E-state index contributed by atoms with van der Waals surface area (Å²) in [6, 6.07) is 21.2. The van der Waals surface area contributed by atoms with Crippen LogP contribution in [0, 0.1) is 6.92 Å². The third-order valence-electron chi connectivity index (χ3n) is 8.30. The Morgan fingerprint density at radius 2 is 1.77 bits per heavy atom. The Labute approximate surface area is 271 Å². The Hall–Kier alpha value is -2.63. The second-order valence-electron chi connectivity index (χ2n) is 11.1. The van der Waals surface area contributed by atoms with Gasteiger partial charge in [0.1, 0.15) is 4.75 Å². The highest BCUT2D eigenvalue weighted by molar-refractivity contribution is 9.10. The summed E-state index contributed by atoms with van der Waals surface area (Å²) in [5.74, 6) is -0.142. The van der Waals surface area contributed by atoms with Gasteiger partial charge in [0.25, 0.3) is 0 Å². The van der Waals surface area contributed by atoms with Crippen LogP contribution in [0.5, 0.6) is 0 Å². The zero-order valence-corrected chi connectivity index (χ0v) is 27.9. The minimum absolute atomic E-state index is 0.0613. The fourth-order valence-electron chi connectivity index (χ4n) is 6.11. The molecule has 0 radical (unpaired) electrons. The number of nitrogens with one attached hydrogen (secondary N) is 1. The average molecular weight is 700 g/mol. The summed E-state index contributed by atoms with van der Waals surface area (Å²) in [5.41, 5.74) is 3.84. The largest absolute Gasteiger partial charge is 0.361 e. The van der Waals surface area contributed by atoms with Gasteiger partial charge in [-0.15, -0.1) is 11.8 Å². The molecule has 224 valence electrons. The molecule has 3 aromatic carbocycles. The molecule has 2 unspecified atom stereocenters.